The second-order valence-corrected chi connectivity index (χ2v) is 12.2. The minimum Gasteiger partial charge on any atom is -0.477 e. The van der Waals surface area contributed by atoms with Crippen LogP contribution in [0.15, 0.2) is 50.5 Å². The summed E-state index contributed by atoms with van der Waals surface area (Å²) in [5.41, 5.74) is 4.58. The average molecular weight is 762 g/mol. The SMILES string of the molecule is CCOC(=O)Oc1ccc(C(=O)O/N=C(\C(=O)N[C@@H]2C(=O)N3C(C(=O)O)=C(CSc4nnnn4C)CS[C@@H]23)c2coc(N)n2)cc1OC(=O)OCC. The van der Waals surface area contributed by atoms with Crippen molar-refractivity contribution in [1.82, 2.24) is 35.4 Å². The van der Waals surface area contributed by atoms with Gasteiger partial charge in [-0.05, 0) is 48.0 Å². The number of carboxylic acid groups (broad SMARTS) is 1. The molecule has 0 radical (unpaired) electrons. The number of benzene rings is 1. The minimum absolute atomic E-state index is 0.0145. The largest absolute Gasteiger partial charge is 0.513 e. The van der Waals surface area contributed by atoms with Crippen molar-refractivity contribution in [3.05, 3.63) is 47.0 Å². The number of oxime groups is 1. The van der Waals surface area contributed by atoms with Crippen LogP contribution in [0.25, 0.3) is 0 Å². The molecule has 1 aromatic carbocycles. The third-order valence-corrected chi connectivity index (χ3v) is 9.22. The number of ether oxygens (including phenoxy) is 4. The molecule has 0 unspecified atom stereocenters. The quantitative estimate of drug-likeness (QED) is 0.0415. The highest BCUT2D eigenvalue weighted by molar-refractivity contribution is 8.01. The third-order valence-electron chi connectivity index (χ3n) is 6.78. The van der Waals surface area contributed by atoms with E-state index < -0.39 is 58.9 Å². The molecule has 52 heavy (non-hydrogen) atoms. The smallest absolute Gasteiger partial charge is 0.477 e. The van der Waals surface area contributed by atoms with Crippen molar-refractivity contribution in [2.45, 2.75) is 30.4 Å². The Morgan fingerprint density at radius 2 is 1.85 bits per heavy atom. The van der Waals surface area contributed by atoms with Crippen LogP contribution in [-0.4, -0.2) is 113 Å². The molecular formula is C28H27N9O13S2. The van der Waals surface area contributed by atoms with Gasteiger partial charge in [0.1, 0.15) is 29.1 Å². The fourth-order valence-electron chi connectivity index (χ4n) is 4.51. The second-order valence-electron chi connectivity index (χ2n) is 10.1. The minimum atomic E-state index is -1.33. The van der Waals surface area contributed by atoms with Crippen LogP contribution >= 0.6 is 23.5 Å². The topological polar surface area (TPSA) is 292 Å². The van der Waals surface area contributed by atoms with E-state index in [0.29, 0.717) is 10.7 Å². The summed E-state index contributed by atoms with van der Waals surface area (Å²) in [7, 11) is 1.63. The monoisotopic (exact) mass is 761 g/mol. The van der Waals surface area contributed by atoms with Crippen molar-refractivity contribution in [3.8, 4) is 11.5 Å². The second kappa shape index (κ2) is 16.2. The molecule has 3 aromatic rings. The number of β-lactam (4-membered cyclic amide) rings is 1. The molecule has 2 amide bonds. The number of nitrogens with two attached hydrogens (primary N) is 1. The number of carboxylic acids is 1. The number of fused-ring (bicyclic) bond motifs is 1. The fourth-order valence-corrected chi connectivity index (χ4v) is 6.85. The molecule has 0 spiro atoms. The molecule has 1 saturated heterocycles. The molecule has 4 heterocycles. The molecule has 0 saturated carbocycles. The van der Waals surface area contributed by atoms with E-state index >= 15 is 0 Å². The summed E-state index contributed by atoms with van der Waals surface area (Å²) in [4.78, 5) is 85.8. The van der Waals surface area contributed by atoms with Crippen molar-refractivity contribution in [2.75, 3.05) is 30.5 Å². The van der Waals surface area contributed by atoms with Gasteiger partial charge in [0, 0.05) is 18.6 Å². The molecule has 2 aromatic heterocycles. The summed E-state index contributed by atoms with van der Waals surface area (Å²) in [6, 6.07) is 1.63. The lowest BCUT2D eigenvalue weighted by Crippen LogP contribution is -2.71. The van der Waals surface area contributed by atoms with Gasteiger partial charge in [-0.25, -0.2) is 23.9 Å². The molecule has 2 aliphatic heterocycles. The van der Waals surface area contributed by atoms with Gasteiger partial charge in [0.25, 0.3) is 17.8 Å². The molecule has 5 rings (SSSR count). The first-order valence-electron chi connectivity index (χ1n) is 14.8. The van der Waals surface area contributed by atoms with Crippen LogP contribution in [0.1, 0.15) is 29.9 Å². The van der Waals surface area contributed by atoms with Gasteiger partial charge < -0.3 is 44.4 Å². The number of carbonyl (C=O) groups excluding carboxylic acids is 5. The fraction of sp³-hybridized carbons (Fsp3) is 0.321. The van der Waals surface area contributed by atoms with Crippen molar-refractivity contribution in [3.63, 3.8) is 0 Å². The number of nitrogens with zero attached hydrogens (tertiary/aromatic N) is 7. The Hall–Kier alpha value is -6.17. The molecule has 0 aliphatic carbocycles. The molecule has 2 aliphatic rings. The predicted molar refractivity (Wildman–Crippen MR) is 174 cm³/mol. The number of tetrazole rings is 1. The van der Waals surface area contributed by atoms with Crippen LogP contribution in [-0.2, 0) is 35.7 Å². The summed E-state index contributed by atoms with van der Waals surface area (Å²) in [6.07, 6.45) is -1.35. The Labute approximate surface area is 299 Å². The Morgan fingerprint density at radius 1 is 1.13 bits per heavy atom. The lowest BCUT2D eigenvalue weighted by molar-refractivity contribution is -0.150. The van der Waals surface area contributed by atoms with E-state index in [0.717, 1.165) is 29.4 Å². The van der Waals surface area contributed by atoms with Crippen LogP contribution < -0.4 is 20.5 Å². The highest BCUT2D eigenvalue weighted by Crippen LogP contribution is 2.41. The molecule has 4 N–H and O–H groups in total. The number of rotatable bonds is 13. The van der Waals surface area contributed by atoms with Crippen molar-refractivity contribution in [1.29, 1.82) is 0 Å². The van der Waals surface area contributed by atoms with Crippen LogP contribution in [0.2, 0.25) is 0 Å². The van der Waals surface area contributed by atoms with Crippen LogP contribution in [0.3, 0.4) is 0 Å². The number of nitrogens with one attached hydrogen (secondary N) is 1. The number of aryl methyl sites for hydroxylation is 1. The Morgan fingerprint density at radius 3 is 2.46 bits per heavy atom. The first-order chi connectivity index (χ1) is 24.9. The first-order valence-corrected chi connectivity index (χ1v) is 16.8. The number of aliphatic carboxylic acids is 1. The lowest BCUT2D eigenvalue weighted by Gasteiger charge is -2.49. The normalized spacial score (nSPS) is 16.7. The third kappa shape index (κ3) is 8.23. The molecule has 24 heteroatoms. The van der Waals surface area contributed by atoms with E-state index in [-0.39, 0.29) is 53.4 Å². The molecule has 0 bridgehead atoms. The van der Waals surface area contributed by atoms with Crippen molar-refractivity contribution in [2.24, 2.45) is 12.2 Å². The van der Waals surface area contributed by atoms with Crippen LogP contribution in [0, 0.1) is 0 Å². The van der Waals surface area contributed by atoms with Gasteiger partial charge in [-0.2, -0.15) is 4.98 Å². The maximum atomic E-state index is 13.5. The van der Waals surface area contributed by atoms with Gasteiger partial charge in [0.15, 0.2) is 17.2 Å². The average Bonchev–Trinajstić information content (AvgIpc) is 3.73. The van der Waals surface area contributed by atoms with E-state index in [9.17, 15) is 33.9 Å². The van der Waals surface area contributed by atoms with E-state index in [1.165, 1.54) is 42.1 Å². The van der Waals surface area contributed by atoms with Crippen molar-refractivity contribution >= 4 is 71.3 Å². The number of aromatic nitrogens is 5. The highest BCUT2D eigenvalue weighted by atomic mass is 32.2. The highest BCUT2D eigenvalue weighted by Gasteiger charge is 2.54. The maximum absolute atomic E-state index is 13.5. The molecule has 2 atom stereocenters. The molecular weight excluding hydrogens is 734 g/mol. The summed E-state index contributed by atoms with van der Waals surface area (Å²) < 4.78 is 25.9. The maximum Gasteiger partial charge on any atom is 0.513 e. The van der Waals surface area contributed by atoms with Gasteiger partial charge in [0.2, 0.25) is 5.16 Å². The number of oxazole rings is 1. The number of nitrogen functional groups attached to an aromatic ring is 1. The summed E-state index contributed by atoms with van der Waals surface area (Å²) >= 11 is 2.40. The van der Waals surface area contributed by atoms with Gasteiger partial charge in [0.05, 0.1) is 18.8 Å². The van der Waals surface area contributed by atoms with Crippen LogP contribution in [0.4, 0.5) is 15.6 Å². The Bertz CT molecular complexity index is 1980. The predicted octanol–water partition coefficient (Wildman–Crippen LogP) is 0.943. The zero-order valence-corrected chi connectivity index (χ0v) is 28.8. The van der Waals surface area contributed by atoms with Gasteiger partial charge in [-0.15, -0.1) is 16.9 Å². The van der Waals surface area contributed by atoms with E-state index in [1.807, 2.05) is 0 Å². The van der Waals surface area contributed by atoms with E-state index in [2.05, 4.69) is 31.0 Å². The number of amides is 2. The summed E-state index contributed by atoms with van der Waals surface area (Å²) in [6.45, 7) is 2.99. The number of thioether (sulfide) groups is 2. The number of anilines is 1. The van der Waals surface area contributed by atoms with E-state index in [4.69, 9.17) is 33.9 Å². The zero-order chi connectivity index (χ0) is 37.5. The van der Waals surface area contributed by atoms with Gasteiger partial charge >= 0.3 is 24.2 Å². The first kappa shape index (κ1) is 37.1. The van der Waals surface area contributed by atoms with E-state index in [1.54, 1.807) is 7.05 Å². The van der Waals surface area contributed by atoms with Crippen LogP contribution in [0.5, 0.6) is 11.5 Å². The molecule has 22 nitrogen and oxygen atoms in total. The number of hydrogen-bond acceptors (Lipinski definition) is 20. The molecule has 274 valence electrons. The Balaban J connectivity index is 1.33. The zero-order valence-electron chi connectivity index (χ0n) is 27.2. The number of hydrogen-bond donors (Lipinski definition) is 3. The number of carbonyl (C=O) groups is 6. The Kier molecular flexibility index (Phi) is 11.6. The summed E-state index contributed by atoms with van der Waals surface area (Å²) in [5.74, 6) is -4.63. The molecule has 1 fully saturated rings. The van der Waals surface area contributed by atoms with Gasteiger partial charge in [-0.1, -0.05) is 16.9 Å². The standard InChI is InChI=1S/C28H27N9O13S2/c1-4-45-27(43)48-15-7-6-12(8-16(15)49-28(44)46-5-2)24(42)50-33-17(14-9-47-25(29)30-14)20(38)31-18-21(39)37-19(23(40)41)13(10-51-22(18)37)11-52-26-32-34-35-36(26)3/h6-9,18,22H,4-5,10-11H2,1-3H3,(H2,29,30)(H,31,38)(H,40,41)/b33-17-/t18-,22+/m1/s1. The summed E-state index contributed by atoms with van der Waals surface area (Å²) in [5, 5.41) is 26.9. The lowest BCUT2D eigenvalue weighted by atomic mass is 10.0. The van der Waals surface area contributed by atoms with Crippen molar-refractivity contribution < 1.29 is 62.1 Å². The van der Waals surface area contributed by atoms with Gasteiger partial charge in [-0.3, -0.25) is 14.5 Å².